The highest BCUT2D eigenvalue weighted by molar-refractivity contribution is 9.10. The normalized spacial score (nSPS) is 10.8. The molecule has 0 spiro atoms. The highest BCUT2D eigenvalue weighted by atomic mass is 79.9. The van der Waals surface area contributed by atoms with Crippen molar-refractivity contribution in [1.82, 2.24) is 5.43 Å². The summed E-state index contributed by atoms with van der Waals surface area (Å²) in [6, 6.07) is 11.1. The van der Waals surface area contributed by atoms with Gasteiger partial charge in [-0.15, -0.1) is 0 Å². The first-order valence-electron chi connectivity index (χ1n) is 5.61. The second-order valence-electron chi connectivity index (χ2n) is 3.84. The maximum absolute atomic E-state index is 13.4. The van der Waals surface area contributed by atoms with E-state index in [1.165, 1.54) is 18.3 Å². The van der Waals surface area contributed by atoms with Crippen LogP contribution in [0.3, 0.4) is 0 Å². The van der Waals surface area contributed by atoms with Crippen molar-refractivity contribution in [1.29, 1.82) is 0 Å². The van der Waals surface area contributed by atoms with Gasteiger partial charge in [-0.3, -0.25) is 4.79 Å². The molecule has 1 amide bonds. The lowest BCUT2D eigenvalue weighted by Gasteiger charge is -2.01. The zero-order valence-electron chi connectivity index (χ0n) is 10.1. The average molecular weight is 356 g/mol. The van der Waals surface area contributed by atoms with Gasteiger partial charge in [0, 0.05) is 15.6 Å². The van der Waals surface area contributed by atoms with E-state index >= 15 is 0 Å². The summed E-state index contributed by atoms with van der Waals surface area (Å²) in [5, 5.41) is 3.93. The minimum absolute atomic E-state index is 0.130. The Hall–Kier alpha value is -1.72. The van der Waals surface area contributed by atoms with Crippen molar-refractivity contribution in [2.45, 2.75) is 0 Å². The van der Waals surface area contributed by atoms with E-state index in [1.807, 2.05) is 0 Å². The standard InChI is InChI=1S/C14H9BrClFN2O/c15-10-6-4-9(5-7-10)14(20)19-18-8-11-12(16)2-1-3-13(11)17/h1-8H,(H,19,20)/b18-8-. The Balaban J connectivity index is 2.06. The zero-order chi connectivity index (χ0) is 14.5. The molecule has 2 rings (SSSR count). The van der Waals surface area contributed by atoms with Gasteiger partial charge in [0.05, 0.1) is 11.2 Å². The summed E-state index contributed by atoms with van der Waals surface area (Å²) in [5.74, 6) is -0.889. The number of hydrogen-bond acceptors (Lipinski definition) is 2. The van der Waals surface area contributed by atoms with E-state index < -0.39 is 5.82 Å². The SMILES string of the molecule is O=C(N/N=C\c1c(F)cccc1Cl)c1ccc(Br)cc1. The number of hydrogen-bond donors (Lipinski definition) is 1. The minimum atomic E-state index is -0.501. The largest absolute Gasteiger partial charge is 0.271 e. The number of amides is 1. The summed E-state index contributed by atoms with van der Waals surface area (Å²) in [7, 11) is 0. The molecule has 0 fully saturated rings. The molecule has 20 heavy (non-hydrogen) atoms. The number of rotatable bonds is 3. The van der Waals surface area contributed by atoms with Crippen LogP contribution in [0.25, 0.3) is 0 Å². The highest BCUT2D eigenvalue weighted by Crippen LogP contribution is 2.16. The second-order valence-corrected chi connectivity index (χ2v) is 5.16. The molecule has 0 heterocycles. The molecule has 0 unspecified atom stereocenters. The molecule has 0 aliphatic carbocycles. The Morgan fingerprint density at radius 1 is 1.25 bits per heavy atom. The fourth-order valence-corrected chi connectivity index (χ4v) is 1.93. The average Bonchev–Trinajstić information content (AvgIpc) is 2.42. The van der Waals surface area contributed by atoms with Crippen molar-refractivity contribution < 1.29 is 9.18 Å². The molecule has 0 saturated carbocycles. The Bertz CT molecular complexity index is 638. The van der Waals surface area contributed by atoms with Crippen LogP contribution in [0.4, 0.5) is 4.39 Å². The molecule has 102 valence electrons. The van der Waals surface area contributed by atoms with Crippen LogP contribution in [-0.2, 0) is 0 Å². The van der Waals surface area contributed by atoms with Gasteiger partial charge in [-0.25, -0.2) is 9.82 Å². The van der Waals surface area contributed by atoms with Gasteiger partial charge in [0.1, 0.15) is 5.82 Å². The quantitative estimate of drug-likeness (QED) is 0.656. The van der Waals surface area contributed by atoms with Gasteiger partial charge in [-0.1, -0.05) is 33.6 Å². The molecule has 0 saturated heterocycles. The second kappa shape index (κ2) is 6.63. The smallest absolute Gasteiger partial charge is 0.267 e. The van der Waals surface area contributed by atoms with E-state index in [4.69, 9.17) is 11.6 Å². The van der Waals surface area contributed by atoms with Gasteiger partial charge in [0.15, 0.2) is 0 Å². The lowest BCUT2D eigenvalue weighted by molar-refractivity contribution is 0.0955. The fourth-order valence-electron chi connectivity index (χ4n) is 1.46. The van der Waals surface area contributed by atoms with Crippen molar-refractivity contribution >= 4 is 39.7 Å². The van der Waals surface area contributed by atoms with Crippen LogP contribution in [0.15, 0.2) is 52.0 Å². The van der Waals surface area contributed by atoms with Crippen LogP contribution in [0.5, 0.6) is 0 Å². The Kier molecular flexibility index (Phi) is 4.87. The third-order valence-corrected chi connectivity index (χ3v) is 3.32. The van der Waals surface area contributed by atoms with Gasteiger partial charge < -0.3 is 0 Å². The zero-order valence-corrected chi connectivity index (χ0v) is 12.5. The molecular weight excluding hydrogens is 347 g/mol. The molecule has 2 aromatic rings. The molecular formula is C14H9BrClFN2O. The molecule has 0 aromatic heterocycles. The van der Waals surface area contributed by atoms with Crippen molar-refractivity contribution in [3.63, 3.8) is 0 Å². The Morgan fingerprint density at radius 2 is 1.95 bits per heavy atom. The summed E-state index contributed by atoms with van der Waals surface area (Å²) in [6.45, 7) is 0. The molecule has 2 aromatic carbocycles. The molecule has 0 aliphatic heterocycles. The van der Waals surface area contributed by atoms with Gasteiger partial charge in [0.2, 0.25) is 0 Å². The lowest BCUT2D eigenvalue weighted by Crippen LogP contribution is -2.17. The van der Waals surface area contributed by atoms with Crippen LogP contribution < -0.4 is 5.43 Å². The highest BCUT2D eigenvalue weighted by Gasteiger charge is 2.05. The van der Waals surface area contributed by atoms with E-state index in [-0.39, 0.29) is 16.5 Å². The summed E-state index contributed by atoms with van der Waals surface area (Å²) in [6.07, 6.45) is 1.18. The van der Waals surface area contributed by atoms with Gasteiger partial charge in [-0.2, -0.15) is 5.10 Å². The number of nitrogens with one attached hydrogen (secondary N) is 1. The number of hydrazone groups is 1. The van der Waals surface area contributed by atoms with Crippen LogP contribution in [0.2, 0.25) is 5.02 Å². The van der Waals surface area contributed by atoms with E-state index in [0.29, 0.717) is 5.56 Å². The molecule has 0 radical (unpaired) electrons. The monoisotopic (exact) mass is 354 g/mol. The van der Waals surface area contributed by atoms with Crippen molar-refractivity contribution in [3.05, 3.63) is 68.9 Å². The number of carbonyl (C=O) groups is 1. The van der Waals surface area contributed by atoms with Crippen LogP contribution in [0, 0.1) is 5.82 Å². The fraction of sp³-hybridized carbons (Fsp3) is 0. The number of nitrogens with zero attached hydrogens (tertiary/aromatic N) is 1. The molecule has 1 N–H and O–H groups in total. The molecule has 3 nitrogen and oxygen atoms in total. The third-order valence-electron chi connectivity index (χ3n) is 2.47. The Labute approximate surface area is 128 Å². The topological polar surface area (TPSA) is 41.5 Å². The predicted octanol–water partition coefficient (Wildman–Crippen LogP) is 4.01. The van der Waals surface area contributed by atoms with Gasteiger partial charge in [-0.05, 0) is 36.4 Å². The summed E-state index contributed by atoms with van der Waals surface area (Å²) < 4.78 is 14.3. The number of carbonyl (C=O) groups excluding carboxylic acids is 1. The predicted molar refractivity (Wildman–Crippen MR) is 80.6 cm³/mol. The van der Waals surface area contributed by atoms with Crippen LogP contribution in [0.1, 0.15) is 15.9 Å². The summed E-state index contributed by atoms with van der Waals surface area (Å²) in [5.41, 5.74) is 2.89. The number of benzene rings is 2. The number of halogens is 3. The molecule has 0 bridgehead atoms. The van der Waals surface area contributed by atoms with E-state index in [0.717, 1.165) is 4.47 Å². The lowest BCUT2D eigenvalue weighted by atomic mass is 10.2. The molecule has 0 atom stereocenters. The van der Waals surface area contributed by atoms with E-state index in [9.17, 15) is 9.18 Å². The van der Waals surface area contributed by atoms with Crippen LogP contribution >= 0.6 is 27.5 Å². The third kappa shape index (κ3) is 3.65. The Morgan fingerprint density at radius 3 is 2.60 bits per heavy atom. The summed E-state index contributed by atoms with van der Waals surface area (Å²) >= 11 is 9.11. The van der Waals surface area contributed by atoms with Crippen LogP contribution in [-0.4, -0.2) is 12.1 Å². The first kappa shape index (κ1) is 14.7. The summed E-state index contributed by atoms with van der Waals surface area (Å²) in [4.78, 5) is 11.7. The van der Waals surface area contributed by atoms with Crippen molar-refractivity contribution in [2.75, 3.05) is 0 Å². The first-order valence-corrected chi connectivity index (χ1v) is 6.78. The first-order chi connectivity index (χ1) is 9.58. The maximum Gasteiger partial charge on any atom is 0.271 e. The van der Waals surface area contributed by atoms with Gasteiger partial charge >= 0.3 is 0 Å². The molecule has 0 aliphatic rings. The minimum Gasteiger partial charge on any atom is -0.267 e. The molecule has 6 heteroatoms. The maximum atomic E-state index is 13.4. The van der Waals surface area contributed by atoms with Crippen molar-refractivity contribution in [3.8, 4) is 0 Å². The van der Waals surface area contributed by atoms with Gasteiger partial charge in [0.25, 0.3) is 5.91 Å². The van der Waals surface area contributed by atoms with Crippen molar-refractivity contribution in [2.24, 2.45) is 5.10 Å². The van der Waals surface area contributed by atoms with E-state index in [1.54, 1.807) is 30.3 Å². The van der Waals surface area contributed by atoms with E-state index in [2.05, 4.69) is 26.5 Å².